The van der Waals surface area contributed by atoms with Crippen molar-refractivity contribution in [2.75, 3.05) is 36.5 Å². The number of carbonyl (C=O) groups is 1. The Balaban J connectivity index is 1.49. The summed E-state index contributed by atoms with van der Waals surface area (Å²) in [6.07, 6.45) is 3.38. The van der Waals surface area contributed by atoms with E-state index in [0.29, 0.717) is 18.8 Å². The molecule has 0 spiro atoms. The van der Waals surface area contributed by atoms with E-state index in [0.717, 1.165) is 39.4 Å². The first-order valence-electron chi connectivity index (χ1n) is 9.02. The molecule has 142 valence electrons. The number of amides is 1. The molecule has 0 radical (unpaired) electrons. The van der Waals surface area contributed by atoms with E-state index in [1.165, 1.54) is 0 Å². The fraction of sp³-hybridized carbons (Fsp3) is 0.190. The molecule has 1 aliphatic rings. The third-order valence-corrected chi connectivity index (χ3v) is 5.45. The van der Waals surface area contributed by atoms with Crippen LogP contribution in [0.4, 0.5) is 11.5 Å². The van der Waals surface area contributed by atoms with Gasteiger partial charge >= 0.3 is 0 Å². The van der Waals surface area contributed by atoms with Gasteiger partial charge in [-0.2, -0.15) is 0 Å². The molecule has 1 saturated heterocycles. The van der Waals surface area contributed by atoms with Crippen molar-refractivity contribution in [3.63, 3.8) is 0 Å². The zero-order chi connectivity index (χ0) is 19.3. The molecule has 4 rings (SSSR count). The van der Waals surface area contributed by atoms with Crippen LogP contribution in [0.5, 0.6) is 0 Å². The molecule has 0 saturated carbocycles. The number of ether oxygens (including phenoxy) is 1. The van der Waals surface area contributed by atoms with Crippen LogP contribution in [0.25, 0.3) is 11.3 Å². The minimum absolute atomic E-state index is 0.186. The number of aromatic nitrogens is 2. The van der Waals surface area contributed by atoms with Crippen LogP contribution in [-0.4, -0.2) is 42.2 Å². The first-order chi connectivity index (χ1) is 13.7. The van der Waals surface area contributed by atoms with Gasteiger partial charge in [-0.1, -0.05) is 6.07 Å². The zero-order valence-corrected chi connectivity index (χ0v) is 17.3. The van der Waals surface area contributed by atoms with E-state index in [9.17, 15) is 4.79 Å². The molecule has 1 aromatic carbocycles. The summed E-state index contributed by atoms with van der Waals surface area (Å²) in [6, 6.07) is 15.3. The highest BCUT2D eigenvalue weighted by molar-refractivity contribution is 14.1. The van der Waals surface area contributed by atoms with Crippen LogP contribution in [0.15, 0.2) is 60.9 Å². The molecular weight excluding hydrogens is 467 g/mol. The molecule has 0 aliphatic carbocycles. The second-order valence-corrected chi connectivity index (χ2v) is 7.53. The predicted octanol–water partition coefficient (Wildman–Crippen LogP) is 3.84. The Morgan fingerprint density at radius 3 is 2.64 bits per heavy atom. The van der Waals surface area contributed by atoms with E-state index in [4.69, 9.17) is 4.74 Å². The molecular formula is C21H19IN4O2. The molecule has 1 fully saturated rings. The van der Waals surface area contributed by atoms with E-state index in [-0.39, 0.29) is 5.91 Å². The Kier molecular flexibility index (Phi) is 5.82. The molecule has 2 aromatic heterocycles. The van der Waals surface area contributed by atoms with Gasteiger partial charge in [0.2, 0.25) is 0 Å². The van der Waals surface area contributed by atoms with Gasteiger partial charge < -0.3 is 15.0 Å². The number of hydrogen-bond acceptors (Lipinski definition) is 5. The van der Waals surface area contributed by atoms with Gasteiger partial charge in [0.25, 0.3) is 5.91 Å². The number of rotatable bonds is 4. The van der Waals surface area contributed by atoms with Crippen molar-refractivity contribution in [3.05, 3.63) is 70.1 Å². The maximum Gasteiger partial charge on any atom is 0.257 e. The molecule has 1 N–H and O–H groups in total. The van der Waals surface area contributed by atoms with Crippen LogP contribution in [0.3, 0.4) is 0 Å². The van der Waals surface area contributed by atoms with E-state index < -0.39 is 0 Å². The molecule has 1 aliphatic heterocycles. The Morgan fingerprint density at radius 2 is 1.93 bits per heavy atom. The van der Waals surface area contributed by atoms with E-state index in [1.807, 2.05) is 42.5 Å². The minimum Gasteiger partial charge on any atom is -0.378 e. The number of hydrogen-bond donors (Lipinski definition) is 1. The Morgan fingerprint density at radius 1 is 1.07 bits per heavy atom. The largest absolute Gasteiger partial charge is 0.378 e. The number of benzene rings is 1. The van der Waals surface area contributed by atoms with Gasteiger partial charge in [-0.15, -0.1) is 0 Å². The zero-order valence-electron chi connectivity index (χ0n) is 15.1. The standard InChI is InChI=1S/C21H19IN4O2/c22-18-6-5-16(13-17(18)19-3-1-2-8-23-19)25-21(27)15-4-7-20(24-14-15)26-9-11-28-12-10-26/h1-8,13-14H,9-12H2,(H,25,27). The van der Waals surface area contributed by atoms with Crippen LogP contribution in [0.2, 0.25) is 0 Å². The molecule has 6 nitrogen and oxygen atoms in total. The fourth-order valence-corrected chi connectivity index (χ4v) is 3.64. The maximum absolute atomic E-state index is 12.6. The summed E-state index contributed by atoms with van der Waals surface area (Å²) in [5, 5.41) is 2.95. The number of pyridine rings is 2. The van der Waals surface area contributed by atoms with Crippen molar-refractivity contribution in [1.29, 1.82) is 0 Å². The topological polar surface area (TPSA) is 67.4 Å². The van der Waals surface area contributed by atoms with Gasteiger partial charge in [-0.05, 0) is 65.1 Å². The maximum atomic E-state index is 12.6. The predicted molar refractivity (Wildman–Crippen MR) is 118 cm³/mol. The van der Waals surface area contributed by atoms with Crippen molar-refractivity contribution in [3.8, 4) is 11.3 Å². The summed E-state index contributed by atoms with van der Waals surface area (Å²) < 4.78 is 6.44. The minimum atomic E-state index is -0.186. The first kappa shape index (κ1) is 18.8. The molecule has 0 atom stereocenters. The average Bonchev–Trinajstić information content (AvgIpc) is 2.76. The summed E-state index contributed by atoms with van der Waals surface area (Å²) in [6.45, 7) is 3.04. The second-order valence-electron chi connectivity index (χ2n) is 6.37. The number of morpholine rings is 1. The number of nitrogens with zero attached hydrogens (tertiary/aromatic N) is 3. The molecule has 1 amide bonds. The van der Waals surface area contributed by atoms with Gasteiger partial charge in [0.15, 0.2) is 0 Å². The normalized spacial score (nSPS) is 14.0. The molecule has 28 heavy (non-hydrogen) atoms. The van der Waals surface area contributed by atoms with Gasteiger partial charge in [-0.25, -0.2) is 4.98 Å². The number of carbonyl (C=O) groups excluding carboxylic acids is 1. The van der Waals surface area contributed by atoms with Crippen molar-refractivity contribution < 1.29 is 9.53 Å². The van der Waals surface area contributed by atoms with Crippen LogP contribution >= 0.6 is 22.6 Å². The van der Waals surface area contributed by atoms with Gasteiger partial charge in [-0.3, -0.25) is 9.78 Å². The SMILES string of the molecule is O=C(Nc1ccc(I)c(-c2ccccn2)c1)c1ccc(N2CCOCC2)nc1. The van der Waals surface area contributed by atoms with Gasteiger partial charge in [0.05, 0.1) is 24.5 Å². The van der Waals surface area contributed by atoms with Crippen molar-refractivity contribution >= 4 is 40.0 Å². The Labute approximate surface area is 177 Å². The van der Waals surface area contributed by atoms with Crippen LogP contribution in [0.1, 0.15) is 10.4 Å². The molecule has 0 unspecified atom stereocenters. The molecule has 3 heterocycles. The lowest BCUT2D eigenvalue weighted by molar-refractivity contribution is 0.102. The van der Waals surface area contributed by atoms with Crippen molar-refractivity contribution in [2.45, 2.75) is 0 Å². The highest BCUT2D eigenvalue weighted by Crippen LogP contribution is 2.27. The lowest BCUT2D eigenvalue weighted by atomic mass is 10.1. The number of nitrogens with one attached hydrogen (secondary N) is 1. The third-order valence-electron chi connectivity index (χ3n) is 4.51. The quantitative estimate of drug-likeness (QED) is 0.568. The summed E-state index contributed by atoms with van der Waals surface area (Å²) in [4.78, 5) is 23.6. The van der Waals surface area contributed by atoms with Gasteiger partial charge in [0.1, 0.15) is 5.82 Å². The lowest BCUT2D eigenvalue weighted by Crippen LogP contribution is -2.36. The highest BCUT2D eigenvalue weighted by Gasteiger charge is 2.14. The molecule has 3 aromatic rings. The van der Waals surface area contributed by atoms with Crippen molar-refractivity contribution in [2.24, 2.45) is 0 Å². The Bertz CT molecular complexity index is 958. The van der Waals surface area contributed by atoms with Crippen LogP contribution < -0.4 is 10.2 Å². The first-order valence-corrected chi connectivity index (χ1v) is 10.1. The van der Waals surface area contributed by atoms with E-state index >= 15 is 0 Å². The smallest absolute Gasteiger partial charge is 0.257 e. The molecule has 7 heteroatoms. The summed E-state index contributed by atoms with van der Waals surface area (Å²) in [5.41, 5.74) is 3.11. The fourth-order valence-electron chi connectivity index (χ4n) is 3.02. The second kappa shape index (κ2) is 8.66. The number of halogens is 1. The van der Waals surface area contributed by atoms with E-state index in [2.05, 4.69) is 42.8 Å². The monoisotopic (exact) mass is 486 g/mol. The highest BCUT2D eigenvalue weighted by atomic mass is 127. The van der Waals surface area contributed by atoms with E-state index in [1.54, 1.807) is 18.5 Å². The lowest BCUT2D eigenvalue weighted by Gasteiger charge is -2.27. The molecule has 0 bridgehead atoms. The average molecular weight is 486 g/mol. The van der Waals surface area contributed by atoms with Gasteiger partial charge in [0, 0.05) is 40.3 Å². The summed E-state index contributed by atoms with van der Waals surface area (Å²) in [7, 11) is 0. The Hall–Kier alpha value is -2.52. The van der Waals surface area contributed by atoms with Crippen LogP contribution in [0, 0.1) is 3.57 Å². The number of anilines is 2. The summed E-state index contributed by atoms with van der Waals surface area (Å²) in [5.74, 6) is 0.681. The summed E-state index contributed by atoms with van der Waals surface area (Å²) >= 11 is 2.27. The van der Waals surface area contributed by atoms with Crippen molar-refractivity contribution in [1.82, 2.24) is 9.97 Å². The third kappa shape index (κ3) is 4.31. The van der Waals surface area contributed by atoms with Crippen LogP contribution in [-0.2, 0) is 4.74 Å².